The van der Waals surface area contributed by atoms with E-state index < -0.39 is 0 Å². The second-order valence-corrected chi connectivity index (χ2v) is 6.23. The van der Waals surface area contributed by atoms with Gasteiger partial charge in [-0.05, 0) is 30.5 Å². The van der Waals surface area contributed by atoms with Gasteiger partial charge in [-0.15, -0.1) is 0 Å². The van der Waals surface area contributed by atoms with E-state index >= 15 is 0 Å². The molecule has 3 aromatic carbocycles. The molecule has 0 unspecified atom stereocenters. The summed E-state index contributed by atoms with van der Waals surface area (Å²) in [6, 6.07) is 19.4. The first-order valence-corrected chi connectivity index (χ1v) is 9.07. The number of hydrogen-bond acceptors (Lipinski definition) is 4. The monoisotopic (exact) mass is 363 g/mol. The average molecular weight is 363 g/mol. The van der Waals surface area contributed by atoms with Gasteiger partial charge in [0.25, 0.3) is 5.91 Å². The van der Waals surface area contributed by atoms with Gasteiger partial charge in [0.1, 0.15) is 19.0 Å². The van der Waals surface area contributed by atoms with E-state index in [-0.39, 0.29) is 12.5 Å². The van der Waals surface area contributed by atoms with Gasteiger partial charge in [0.2, 0.25) is 0 Å². The summed E-state index contributed by atoms with van der Waals surface area (Å²) in [5, 5.41) is 2.16. The van der Waals surface area contributed by atoms with Crippen LogP contribution in [0.5, 0.6) is 17.2 Å². The molecule has 1 heterocycles. The largest absolute Gasteiger partial charge is 0.486 e. The Morgan fingerprint density at radius 3 is 2.63 bits per heavy atom. The smallest absolute Gasteiger partial charge is 0.264 e. The van der Waals surface area contributed by atoms with Crippen LogP contribution in [0.15, 0.2) is 60.7 Å². The normalized spacial score (nSPS) is 12.6. The third-order valence-electron chi connectivity index (χ3n) is 4.55. The maximum atomic E-state index is 12.8. The van der Waals surface area contributed by atoms with Crippen LogP contribution in [0, 0.1) is 0 Å². The molecule has 0 saturated heterocycles. The minimum Gasteiger partial charge on any atom is -0.486 e. The SMILES string of the molecule is CCN(C(=O)COc1ccc2c(c1)OCCO2)c1cccc2ccccc12. The summed E-state index contributed by atoms with van der Waals surface area (Å²) in [7, 11) is 0. The summed E-state index contributed by atoms with van der Waals surface area (Å²) >= 11 is 0. The predicted octanol–water partition coefficient (Wildman–Crippen LogP) is 4.04. The van der Waals surface area contributed by atoms with Crippen molar-refractivity contribution in [1.82, 2.24) is 0 Å². The first-order valence-electron chi connectivity index (χ1n) is 9.07. The highest BCUT2D eigenvalue weighted by atomic mass is 16.6. The fourth-order valence-corrected chi connectivity index (χ4v) is 3.26. The highest BCUT2D eigenvalue weighted by Crippen LogP contribution is 2.33. The van der Waals surface area contributed by atoms with Gasteiger partial charge in [0, 0.05) is 18.0 Å². The maximum absolute atomic E-state index is 12.8. The fraction of sp³-hybridized carbons (Fsp3) is 0.227. The fourth-order valence-electron chi connectivity index (χ4n) is 3.26. The zero-order valence-electron chi connectivity index (χ0n) is 15.2. The van der Waals surface area contributed by atoms with Crippen molar-refractivity contribution in [3.63, 3.8) is 0 Å². The summed E-state index contributed by atoms with van der Waals surface area (Å²) in [6.45, 7) is 3.54. The highest BCUT2D eigenvalue weighted by Gasteiger charge is 2.18. The molecular weight excluding hydrogens is 342 g/mol. The molecule has 0 bridgehead atoms. The lowest BCUT2D eigenvalue weighted by molar-refractivity contribution is -0.120. The van der Waals surface area contributed by atoms with Crippen LogP contribution < -0.4 is 19.1 Å². The topological polar surface area (TPSA) is 48.0 Å². The number of rotatable bonds is 5. The molecule has 0 aliphatic carbocycles. The molecule has 0 aromatic heterocycles. The van der Waals surface area contributed by atoms with E-state index in [1.165, 1.54) is 0 Å². The molecular formula is C22H21NO4. The molecule has 1 amide bonds. The molecule has 5 heteroatoms. The van der Waals surface area contributed by atoms with Gasteiger partial charge in [-0.3, -0.25) is 4.79 Å². The Labute approximate surface area is 158 Å². The Balaban J connectivity index is 1.51. The standard InChI is InChI=1S/C22H21NO4/c1-2-23(19-9-5-7-16-6-3-4-8-18(16)19)22(24)15-27-17-10-11-20-21(14-17)26-13-12-25-20/h3-11,14H,2,12-13,15H2,1H3. The number of likely N-dealkylation sites (N-methyl/N-ethyl adjacent to an activating group) is 1. The quantitative estimate of drug-likeness (QED) is 0.686. The van der Waals surface area contributed by atoms with Gasteiger partial charge < -0.3 is 19.1 Å². The maximum Gasteiger partial charge on any atom is 0.264 e. The second-order valence-electron chi connectivity index (χ2n) is 6.23. The minimum atomic E-state index is -0.0938. The molecule has 138 valence electrons. The van der Waals surface area contributed by atoms with Crippen LogP contribution in [0.2, 0.25) is 0 Å². The number of ether oxygens (including phenoxy) is 3. The Morgan fingerprint density at radius 1 is 1.00 bits per heavy atom. The molecule has 3 aromatic rings. The van der Waals surface area contributed by atoms with Crippen molar-refractivity contribution < 1.29 is 19.0 Å². The van der Waals surface area contributed by atoms with Gasteiger partial charge in [0.05, 0.1) is 5.69 Å². The molecule has 0 saturated carbocycles. The van der Waals surface area contributed by atoms with Gasteiger partial charge in [-0.1, -0.05) is 36.4 Å². The Morgan fingerprint density at radius 2 is 1.78 bits per heavy atom. The zero-order valence-corrected chi connectivity index (χ0v) is 15.2. The number of benzene rings is 3. The average Bonchev–Trinajstić information content (AvgIpc) is 2.73. The summed E-state index contributed by atoms with van der Waals surface area (Å²) in [5.41, 5.74) is 0.895. The first kappa shape index (κ1) is 17.2. The van der Waals surface area contributed by atoms with Crippen LogP contribution in [0.3, 0.4) is 0 Å². The number of hydrogen-bond donors (Lipinski definition) is 0. The van der Waals surface area contributed by atoms with Crippen molar-refractivity contribution in [3.8, 4) is 17.2 Å². The van der Waals surface area contributed by atoms with Crippen LogP contribution in [-0.4, -0.2) is 32.3 Å². The van der Waals surface area contributed by atoms with E-state index in [0.717, 1.165) is 16.5 Å². The molecule has 1 aliphatic rings. The molecule has 0 radical (unpaired) electrons. The van der Waals surface area contributed by atoms with Crippen LogP contribution in [-0.2, 0) is 4.79 Å². The lowest BCUT2D eigenvalue weighted by Gasteiger charge is -2.23. The summed E-state index contributed by atoms with van der Waals surface area (Å²) in [6.07, 6.45) is 0. The molecule has 0 atom stereocenters. The Kier molecular flexibility index (Phi) is 4.83. The van der Waals surface area contributed by atoms with E-state index in [1.807, 2.05) is 49.4 Å². The summed E-state index contributed by atoms with van der Waals surface area (Å²) in [4.78, 5) is 14.6. The summed E-state index contributed by atoms with van der Waals surface area (Å²) < 4.78 is 16.8. The van der Waals surface area contributed by atoms with E-state index in [1.54, 1.807) is 23.1 Å². The highest BCUT2D eigenvalue weighted by molar-refractivity contribution is 6.04. The van der Waals surface area contributed by atoms with Crippen molar-refractivity contribution in [2.24, 2.45) is 0 Å². The third-order valence-corrected chi connectivity index (χ3v) is 4.55. The number of fused-ring (bicyclic) bond motifs is 2. The van der Waals surface area contributed by atoms with Crippen molar-refractivity contribution in [3.05, 3.63) is 60.7 Å². The van der Waals surface area contributed by atoms with Crippen molar-refractivity contribution >= 4 is 22.4 Å². The number of carbonyl (C=O) groups excluding carboxylic acids is 1. The summed E-state index contributed by atoms with van der Waals surface area (Å²) in [5.74, 6) is 1.84. The van der Waals surface area contributed by atoms with Crippen LogP contribution in [0.4, 0.5) is 5.69 Å². The number of carbonyl (C=O) groups is 1. The predicted molar refractivity (Wildman–Crippen MR) is 105 cm³/mol. The van der Waals surface area contributed by atoms with Crippen molar-refractivity contribution in [1.29, 1.82) is 0 Å². The van der Waals surface area contributed by atoms with E-state index in [9.17, 15) is 4.79 Å². The van der Waals surface area contributed by atoms with Crippen LogP contribution in [0.25, 0.3) is 10.8 Å². The van der Waals surface area contributed by atoms with E-state index in [4.69, 9.17) is 14.2 Å². The Bertz CT molecular complexity index is 964. The lowest BCUT2D eigenvalue weighted by Crippen LogP contribution is -2.35. The van der Waals surface area contributed by atoms with Gasteiger partial charge in [0.15, 0.2) is 18.1 Å². The molecule has 0 fully saturated rings. The number of anilines is 1. The number of amides is 1. The molecule has 1 aliphatic heterocycles. The second kappa shape index (κ2) is 7.58. The van der Waals surface area contributed by atoms with E-state index in [2.05, 4.69) is 0 Å². The molecule has 5 nitrogen and oxygen atoms in total. The zero-order chi connectivity index (χ0) is 18.6. The van der Waals surface area contributed by atoms with Gasteiger partial charge in [-0.2, -0.15) is 0 Å². The third kappa shape index (κ3) is 3.53. The lowest BCUT2D eigenvalue weighted by atomic mass is 10.1. The minimum absolute atomic E-state index is 0.0449. The van der Waals surface area contributed by atoms with Gasteiger partial charge >= 0.3 is 0 Å². The van der Waals surface area contributed by atoms with Crippen LogP contribution >= 0.6 is 0 Å². The molecule has 4 rings (SSSR count). The van der Waals surface area contributed by atoms with Crippen molar-refractivity contribution in [2.75, 3.05) is 31.3 Å². The number of nitrogens with zero attached hydrogens (tertiary/aromatic N) is 1. The van der Waals surface area contributed by atoms with E-state index in [0.29, 0.717) is 37.0 Å². The Hall–Kier alpha value is -3.21. The van der Waals surface area contributed by atoms with Crippen molar-refractivity contribution in [2.45, 2.75) is 6.92 Å². The molecule has 0 spiro atoms. The molecule has 0 N–H and O–H groups in total. The van der Waals surface area contributed by atoms with Crippen LogP contribution in [0.1, 0.15) is 6.92 Å². The molecule has 27 heavy (non-hydrogen) atoms. The van der Waals surface area contributed by atoms with Gasteiger partial charge in [-0.25, -0.2) is 0 Å². The first-order chi connectivity index (χ1) is 13.3.